The maximum atomic E-state index is 13.1. The SMILES string of the molecule is FCCC(F)C(F)C(F)COCC(F)C(F)C(F)CCF. The fraction of sp³-hybridized carbons (Fsp3) is 1.00. The van der Waals surface area contributed by atoms with Gasteiger partial charge in [0.2, 0.25) is 0 Å². The molecule has 0 aromatic carbocycles. The smallest absolute Gasteiger partial charge is 0.164 e. The van der Waals surface area contributed by atoms with Crippen LogP contribution in [-0.4, -0.2) is 63.6 Å². The van der Waals surface area contributed by atoms with Crippen molar-refractivity contribution in [2.75, 3.05) is 26.6 Å². The van der Waals surface area contributed by atoms with Gasteiger partial charge in [0.15, 0.2) is 24.7 Å². The topological polar surface area (TPSA) is 9.23 Å². The van der Waals surface area contributed by atoms with E-state index in [1.807, 2.05) is 0 Å². The first-order valence-electron chi connectivity index (χ1n) is 6.39. The predicted molar refractivity (Wildman–Crippen MR) is 61.4 cm³/mol. The Morgan fingerprint density at radius 2 is 0.905 bits per heavy atom. The number of halogens is 8. The van der Waals surface area contributed by atoms with E-state index in [-0.39, 0.29) is 0 Å². The molecule has 0 amide bonds. The summed E-state index contributed by atoms with van der Waals surface area (Å²) in [5, 5.41) is 0. The van der Waals surface area contributed by atoms with Crippen molar-refractivity contribution >= 4 is 0 Å². The molecular formula is C12H18F8O. The molecule has 0 N–H and O–H groups in total. The van der Waals surface area contributed by atoms with Crippen molar-refractivity contribution in [2.45, 2.75) is 49.9 Å². The Kier molecular flexibility index (Phi) is 10.7. The van der Waals surface area contributed by atoms with Crippen molar-refractivity contribution in [2.24, 2.45) is 0 Å². The average molecular weight is 330 g/mol. The maximum Gasteiger partial charge on any atom is 0.164 e. The van der Waals surface area contributed by atoms with Crippen molar-refractivity contribution in [1.82, 2.24) is 0 Å². The monoisotopic (exact) mass is 330 g/mol. The lowest BCUT2D eigenvalue weighted by molar-refractivity contribution is -0.0276. The van der Waals surface area contributed by atoms with Crippen molar-refractivity contribution < 1.29 is 39.9 Å². The molecule has 128 valence electrons. The Hall–Kier alpha value is -0.600. The largest absolute Gasteiger partial charge is 0.375 e. The third-order valence-electron chi connectivity index (χ3n) is 2.71. The molecule has 6 atom stereocenters. The molecule has 9 heteroatoms. The Labute approximate surface area is 117 Å². The highest BCUT2D eigenvalue weighted by atomic mass is 19.2. The van der Waals surface area contributed by atoms with Crippen molar-refractivity contribution in [1.29, 1.82) is 0 Å². The Balaban J connectivity index is 4.01. The van der Waals surface area contributed by atoms with E-state index < -0.39 is 76.4 Å². The summed E-state index contributed by atoms with van der Waals surface area (Å²) in [7, 11) is 0. The highest BCUT2D eigenvalue weighted by molar-refractivity contribution is 4.78. The highest BCUT2D eigenvalue weighted by Gasteiger charge is 2.32. The van der Waals surface area contributed by atoms with E-state index in [9.17, 15) is 35.1 Å². The molecule has 0 rings (SSSR count). The van der Waals surface area contributed by atoms with E-state index >= 15 is 0 Å². The van der Waals surface area contributed by atoms with Crippen LogP contribution >= 0.6 is 0 Å². The van der Waals surface area contributed by atoms with Gasteiger partial charge in [-0.1, -0.05) is 0 Å². The first-order chi connectivity index (χ1) is 9.84. The summed E-state index contributed by atoms with van der Waals surface area (Å²) in [4.78, 5) is 0. The molecule has 1 nitrogen and oxygen atoms in total. The van der Waals surface area contributed by atoms with Crippen LogP contribution < -0.4 is 0 Å². The molecule has 0 aliphatic heterocycles. The van der Waals surface area contributed by atoms with Crippen molar-refractivity contribution in [3.8, 4) is 0 Å². The van der Waals surface area contributed by atoms with E-state index in [0.717, 1.165) is 0 Å². The summed E-state index contributed by atoms with van der Waals surface area (Å²) in [5.74, 6) is 0. The summed E-state index contributed by atoms with van der Waals surface area (Å²) < 4.78 is 106. The van der Waals surface area contributed by atoms with Gasteiger partial charge in [0.05, 0.1) is 26.6 Å². The molecule has 0 aliphatic carbocycles. The summed E-state index contributed by atoms with van der Waals surface area (Å²) in [6.07, 6.45) is -16.7. The number of rotatable bonds is 12. The van der Waals surface area contributed by atoms with E-state index in [1.165, 1.54) is 0 Å². The molecule has 0 heterocycles. The van der Waals surface area contributed by atoms with Crippen LogP contribution in [0.3, 0.4) is 0 Å². The number of ether oxygens (including phenoxy) is 1. The zero-order valence-corrected chi connectivity index (χ0v) is 11.1. The lowest BCUT2D eigenvalue weighted by Gasteiger charge is -2.19. The standard InChI is InChI=1S/C12H18F8O/c13-3-1-7(15)11(19)9(17)5-21-6-10(18)12(20)8(16)2-4-14/h7-12H,1-6H2. The van der Waals surface area contributed by atoms with Gasteiger partial charge in [-0.2, -0.15) is 0 Å². The van der Waals surface area contributed by atoms with E-state index in [4.69, 9.17) is 0 Å². The predicted octanol–water partition coefficient (Wildman–Crippen LogP) is 3.75. The second-order valence-electron chi connectivity index (χ2n) is 4.45. The minimum Gasteiger partial charge on any atom is -0.375 e. The summed E-state index contributed by atoms with van der Waals surface area (Å²) in [6.45, 7) is -4.50. The lowest BCUT2D eigenvalue weighted by atomic mass is 10.1. The van der Waals surface area contributed by atoms with Gasteiger partial charge in [-0.05, 0) is 0 Å². The zero-order chi connectivity index (χ0) is 16.4. The minimum atomic E-state index is -2.65. The van der Waals surface area contributed by atoms with Gasteiger partial charge in [-0.15, -0.1) is 0 Å². The van der Waals surface area contributed by atoms with Crippen LogP contribution in [0.4, 0.5) is 35.1 Å². The molecule has 0 aromatic rings. The van der Waals surface area contributed by atoms with Gasteiger partial charge in [-0.25, -0.2) is 26.3 Å². The van der Waals surface area contributed by atoms with Gasteiger partial charge in [0.1, 0.15) is 12.3 Å². The van der Waals surface area contributed by atoms with Gasteiger partial charge < -0.3 is 4.74 Å². The highest BCUT2D eigenvalue weighted by Crippen LogP contribution is 2.18. The van der Waals surface area contributed by atoms with E-state index in [1.54, 1.807) is 0 Å². The third-order valence-corrected chi connectivity index (χ3v) is 2.71. The molecule has 0 spiro atoms. The quantitative estimate of drug-likeness (QED) is 0.495. The van der Waals surface area contributed by atoms with Crippen LogP contribution in [0.2, 0.25) is 0 Å². The number of hydrogen-bond donors (Lipinski definition) is 0. The molecule has 0 radical (unpaired) electrons. The van der Waals surface area contributed by atoms with Crippen LogP contribution in [0, 0.1) is 0 Å². The zero-order valence-electron chi connectivity index (χ0n) is 11.1. The minimum absolute atomic E-state index is 0.827. The first kappa shape index (κ1) is 20.4. The van der Waals surface area contributed by atoms with E-state index in [2.05, 4.69) is 4.74 Å². The third kappa shape index (κ3) is 7.82. The van der Waals surface area contributed by atoms with Gasteiger partial charge in [-0.3, -0.25) is 8.78 Å². The molecule has 0 aliphatic rings. The van der Waals surface area contributed by atoms with Crippen LogP contribution in [0.5, 0.6) is 0 Å². The normalized spacial score (nSPS) is 20.6. The summed E-state index contributed by atoms with van der Waals surface area (Å²) in [5.41, 5.74) is 0. The molecule has 0 fully saturated rings. The van der Waals surface area contributed by atoms with Crippen LogP contribution in [0.1, 0.15) is 12.8 Å². The van der Waals surface area contributed by atoms with Gasteiger partial charge in [0, 0.05) is 12.8 Å². The summed E-state index contributed by atoms with van der Waals surface area (Å²) >= 11 is 0. The van der Waals surface area contributed by atoms with E-state index in [0.29, 0.717) is 0 Å². The lowest BCUT2D eigenvalue weighted by Crippen LogP contribution is -2.35. The van der Waals surface area contributed by atoms with Gasteiger partial charge >= 0.3 is 0 Å². The van der Waals surface area contributed by atoms with Crippen molar-refractivity contribution in [3.05, 3.63) is 0 Å². The first-order valence-corrected chi connectivity index (χ1v) is 6.39. The number of hydrogen-bond acceptors (Lipinski definition) is 1. The molecule has 6 unspecified atom stereocenters. The average Bonchev–Trinajstić information content (AvgIpc) is 2.45. The molecule has 0 saturated carbocycles. The van der Waals surface area contributed by atoms with Crippen LogP contribution in [0.15, 0.2) is 0 Å². The summed E-state index contributed by atoms with van der Waals surface area (Å²) in [6, 6.07) is 0. The van der Waals surface area contributed by atoms with Crippen molar-refractivity contribution in [3.63, 3.8) is 0 Å². The Morgan fingerprint density at radius 1 is 0.571 bits per heavy atom. The fourth-order valence-corrected chi connectivity index (χ4v) is 1.46. The fourth-order valence-electron chi connectivity index (χ4n) is 1.46. The Morgan fingerprint density at radius 3 is 1.19 bits per heavy atom. The molecule has 0 aromatic heterocycles. The second kappa shape index (κ2) is 11.0. The second-order valence-corrected chi connectivity index (χ2v) is 4.45. The molecular weight excluding hydrogens is 312 g/mol. The molecule has 21 heavy (non-hydrogen) atoms. The molecule has 0 bridgehead atoms. The molecule has 0 saturated heterocycles. The van der Waals surface area contributed by atoms with Gasteiger partial charge in [0.25, 0.3) is 0 Å². The Bertz CT molecular complexity index is 233. The maximum absolute atomic E-state index is 13.1. The number of alkyl halides is 8. The van der Waals surface area contributed by atoms with Crippen LogP contribution in [-0.2, 0) is 4.74 Å². The van der Waals surface area contributed by atoms with Crippen LogP contribution in [0.25, 0.3) is 0 Å².